The summed E-state index contributed by atoms with van der Waals surface area (Å²) < 4.78 is 12.5. The largest absolute Gasteiger partial charge is 0.466 e. The van der Waals surface area contributed by atoms with Crippen LogP contribution in [0.25, 0.3) is 40.0 Å². The number of para-hydroxylation sites is 1. The fraction of sp³-hybridized carbons (Fsp3) is 0.258. The number of pyridine rings is 2. The van der Waals surface area contributed by atoms with Gasteiger partial charge in [0, 0.05) is 42.4 Å². The Morgan fingerprint density at radius 3 is 2.73 bits per heavy atom. The van der Waals surface area contributed by atoms with Crippen molar-refractivity contribution in [2.45, 2.75) is 19.8 Å². The zero-order valence-corrected chi connectivity index (χ0v) is 22.4. The summed E-state index contributed by atoms with van der Waals surface area (Å²) in [7, 11) is 0. The summed E-state index contributed by atoms with van der Waals surface area (Å²) in [6.45, 7) is 5.14. The van der Waals surface area contributed by atoms with Crippen molar-refractivity contribution in [1.82, 2.24) is 24.6 Å². The zero-order chi connectivity index (χ0) is 27.3. The molecule has 9 nitrogen and oxygen atoms in total. The third kappa shape index (κ3) is 5.41. The van der Waals surface area contributed by atoms with E-state index < -0.39 is 0 Å². The van der Waals surface area contributed by atoms with Crippen LogP contribution in [0.4, 0.5) is 5.69 Å². The van der Waals surface area contributed by atoms with Gasteiger partial charge in [0.15, 0.2) is 5.65 Å². The second kappa shape index (κ2) is 11.6. The van der Waals surface area contributed by atoms with Crippen molar-refractivity contribution in [2.24, 2.45) is 0 Å². The lowest BCUT2D eigenvalue weighted by atomic mass is 10.1. The van der Waals surface area contributed by atoms with Crippen molar-refractivity contribution in [3.05, 3.63) is 84.1 Å². The number of rotatable bonds is 8. The van der Waals surface area contributed by atoms with Gasteiger partial charge in [0.25, 0.3) is 0 Å². The Morgan fingerprint density at radius 1 is 1.02 bits per heavy atom. The number of ether oxygens (including phenoxy) is 2. The van der Waals surface area contributed by atoms with E-state index in [0.29, 0.717) is 32.7 Å². The molecule has 4 aromatic heterocycles. The second-order valence-corrected chi connectivity index (χ2v) is 9.50. The molecule has 5 aromatic rings. The van der Waals surface area contributed by atoms with E-state index in [2.05, 4.69) is 27.1 Å². The van der Waals surface area contributed by atoms with E-state index in [1.807, 2.05) is 71.5 Å². The molecule has 1 aromatic carbocycles. The molecule has 1 saturated heterocycles. The summed E-state index contributed by atoms with van der Waals surface area (Å²) >= 11 is 0. The molecule has 9 heteroatoms. The van der Waals surface area contributed by atoms with Crippen LogP contribution >= 0.6 is 0 Å². The smallest absolute Gasteiger partial charge is 0.306 e. The van der Waals surface area contributed by atoms with Crippen molar-refractivity contribution in [3.8, 4) is 11.3 Å². The number of fused-ring (bicyclic) bond motifs is 2. The Morgan fingerprint density at radius 2 is 1.90 bits per heavy atom. The Labute approximate surface area is 232 Å². The van der Waals surface area contributed by atoms with Gasteiger partial charge in [-0.2, -0.15) is 5.10 Å². The molecule has 0 N–H and O–H groups in total. The van der Waals surface area contributed by atoms with Crippen molar-refractivity contribution in [3.63, 3.8) is 0 Å². The molecule has 0 bridgehead atoms. The Bertz CT molecular complexity index is 1670. The summed E-state index contributed by atoms with van der Waals surface area (Å²) in [5, 5.41) is 5.79. The van der Waals surface area contributed by atoms with Gasteiger partial charge < -0.3 is 14.4 Å². The first-order chi connectivity index (χ1) is 19.7. The van der Waals surface area contributed by atoms with Gasteiger partial charge in [-0.25, -0.2) is 14.5 Å². The fourth-order valence-electron chi connectivity index (χ4n) is 4.90. The molecule has 6 rings (SSSR count). The maximum absolute atomic E-state index is 11.8. The number of carbonyl (C=O) groups excluding carboxylic acids is 1. The van der Waals surface area contributed by atoms with Crippen molar-refractivity contribution >= 4 is 40.4 Å². The van der Waals surface area contributed by atoms with E-state index in [4.69, 9.17) is 19.4 Å². The van der Waals surface area contributed by atoms with E-state index in [1.54, 1.807) is 6.92 Å². The van der Waals surface area contributed by atoms with Crippen molar-refractivity contribution in [1.29, 1.82) is 0 Å². The van der Waals surface area contributed by atoms with Crippen molar-refractivity contribution in [2.75, 3.05) is 37.8 Å². The number of imidazole rings is 1. The molecule has 1 fully saturated rings. The summed E-state index contributed by atoms with van der Waals surface area (Å²) in [4.78, 5) is 28.6. The van der Waals surface area contributed by atoms with E-state index in [-0.39, 0.29) is 5.97 Å². The lowest BCUT2D eigenvalue weighted by Gasteiger charge is -2.28. The minimum absolute atomic E-state index is 0.218. The molecular formula is C31H30N6O3. The number of carbonyl (C=O) groups is 1. The number of nitrogens with zero attached hydrogens (tertiary/aromatic N) is 6. The van der Waals surface area contributed by atoms with Gasteiger partial charge >= 0.3 is 5.97 Å². The van der Waals surface area contributed by atoms with Crippen LogP contribution in [0.3, 0.4) is 0 Å². The van der Waals surface area contributed by atoms with Gasteiger partial charge in [-0.3, -0.25) is 9.78 Å². The molecule has 1 aliphatic heterocycles. The summed E-state index contributed by atoms with van der Waals surface area (Å²) in [5.74, 6) is -0.218. The highest BCUT2D eigenvalue weighted by Crippen LogP contribution is 2.30. The van der Waals surface area contributed by atoms with E-state index in [0.717, 1.165) is 63.7 Å². The summed E-state index contributed by atoms with van der Waals surface area (Å²) in [5.41, 5.74) is 6.89. The quantitative estimate of drug-likeness (QED) is 0.261. The highest BCUT2D eigenvalue weighted by molar-refractivity contribution is 5.84. The minimum Gasteiger partial charge on any atom is -0.466 e. The molecule has 40 heavy (non-hydrogen) atoms. The molecule has 0 spiro atoms. The normalized spacial score (nSPS) is 13.9. The summed E-state index contributed by atoms with van der Waals surface area (Å²) in [6.07, 6.45) is 8.41. The van der Waals surface area contributed by atoms with E-state index in [9.17, 15) is 4.79 Å². The van der Waals surface area contributed by atoms with Crippen LogP contribution in [-0.4, -0.2) is 63.4 Å². The lowest BCUT2D eigenvalue weighted by molar-refractivity contribution is -0.143. The van der Waals surface area contributed by atoms with Gasteiger partial charge in [-0.1, -0.05) is 24.3 Å². The number of anilines is 1. The first-order valence-electron chi connectivity index (χ1n) is 13.5. The maximum atomic E-state index is 11.8. The highest BCUT2D eigenvalue weighted by Gasteiger charge is 2.21. The van der Waals surface area contributed by atoms with Crippen LogP contribution < -0.4 is 4.90 Å². The number of esters is 1. The number of hydrogen-bond donors (Lipinski definition) is 0. The average Bonchev–Trinajstić information content (AvgIpc) is 3.38. The minimum atomic E-state index is -0.218. The number of hydrogen-bond acceptors (Lipinski definition) is 8. The highest BCUT2D eigenvalue weighted by atomic mass is 16.5. The van der Waals surface area contributed by atoms with Gasteiger partial charge in [0.1, 0.15) is 5.69 Å². The first-order valence-corrected chi connectivity index (χ1v) is 13.5. The molecule has 0 radical (unpaired) electrons. The molecule has 5 heterocycles. The molecule has 202 valence electrons. The zero-order valence-electron chi connectivity index (χ0n) is 22.4. The molecule has 0 atom stereocenters. The number of aryl methyl sites for hydroxylation is 1. The lowest BCUT2D eigenvalue weighted by Crippen LogP contribution is -2.36. The van der Waals surface area contributed by atoms with Gasteiger partial charge in [0.2, 0.25) is 0 Å². The third-order valence-corrected chi connectivity index (χ3v) is 6.90. The first kappa shape index (κ1) is 25.6. The molecule has 0 aliphatic carbocycles. The molecule has 1 aliphatic rings. The van der Waals surface area contributed by atoms with Crippen LogP contribution in [0.5, 0.6) is 0 Å². The van der Waals surface area contributed by atoms with Gasteiger partial charge in [-0.05, 0) is 49.4 Å². The van der Waals surface area contributed by atoms with E-state index >= 15 is 0 Å². The Balaban J connectivity index is 1.39. The van der Waals surface area contributed by atoms with Crippen LogP contribution in [0, 0.1) is 0 Å². The monoisotopic (exact) mass is 534 g/mol. The number of aromatic nitrogens is 5. The Kier molecular flexibility index (Phi) is 7.45. The fourth-order valence-corrected chi connectivity index (χ4v) is 4.90. The van der Waals surface area contributed by atoms with Crippen molar-refractivity contribution < 1.29 is 14.3 Å². The van der Waals surface area contributed by atoms with Gasteiger partial charge in [0.05, 0.1) is 55.0 Å². The SMILES string of the molecule is CCOC(=O)CCc1ccc(-c2c(C=Cc3ccc4ccccc4n3)nc3c(N4CCOCC4)ccnn23)cn1. The molecule has 0 unspecified atom stereocenters. The molecule has 0 amide bonds. The van der Waals surface area contributed by atoms with Crippen LogP contribution in [0.15, 0.2) is 67.0 Å². The van der Waals surface area contributed by atoms with Gasteiger partial charge in [-0.15, -0.1) is 0 Å². The molecule has 0 saturated carbocycles. The second-order valence-electron chi connectivity index (χ2n) is 9.50. The topological polar surface area (TPSA) is 94.7 Å². The predicted molar refractivity (Wildman–Crippen MR) is 155 cm³/mol. The summed E-state index contributed by atoms with van der Waals surface area (Å²) in [6, 6.07) is 18.1. The van der Waals surface area contributed by atoms with E-state index in [1.165, 1.54) is 0 Å². The maximum Gasteiger partial charge on any atom is 0.306 e. The standard InChI is InChI=1S/C31H30N6O3/c1-2-40-29(38)14-12-24-9-8-23(21-32-24)30-27(13-11-25-10-7-22-5-3-4-6-26(22)34-25)35-31-28(15-16-33-37(30)31)36-17-19-39-20-18-36/h3-11,13,15-16,21H,2,12,14,17-20H2,1H3. The Hall–Kier alpha value is -4.63. The number of benzene rings is 1. The van der Waals surface area contributed by atoms with Crippen LogP contribution in [0.1, 0.15) is 30.4 Å². The van der Waals surface area contributed by atoms with Crippen LogP contribution in [-0.2, 0) is 20.7 Å². The average molecular weight is 535 g/mol. The number of morpholine rings is 1. The predicted octanol–water partition coefficient (Wildman–Crippen LogP) is 4.84. The third-order valence-electron chi connectivity index (χ3n) is 6.90. The molecular weight excluding hydrogens is 504 g/mol. The van der Waals surface area contributed by atoms with Crippen LogP contribution in [0.2, 0.25) is 0 Å².